The SMILES string of the molecule is C[C@H](C(=O)O)N1Cc2ccc(Br)c(F)c2C1. The second kappa shape index (κ2) is 4.14. The second-order valence-corrected chi connectivity index (χ2v) is 4.77. The summed E-state index contributed by atoms with van der Waals surface area (Å²) in [5, 5.41) is 8.90. The number of hydrogen-bond donors (Lipinski definition) is 1. The van der Waals surface area contributed by atoms with Crippen LogP contribution in [0.5, 0.6) is 0 Å². The van der Waals surface area contributed by atoms with Crippen molar-refractivity contribution in [3.05, 3.63) is 33.5 Å². The fourth-order valence-corrected chi connectivity index (χ4v) is 2.23. The summed E-state index contributed by atoms with van der Waals surface area (Å²) in [5.41, 5.74) is 1.47. The minimum absolute atomic E-state index is 0.280. The van der Waals surface area contributed by atoms with Crippen LogP contribution >= 0.6 is 15.9 Å². The Balaban J connectivity index is 2.28. The number of carboxylic acids is 1. The Kier molecular flexibility index (Phi) is 2.99. The average molecular weight is 288 g/mol. The van der Waals surface area contributed by atoms with E-state index in [1.807, 2.05) is 6.07 Å². The van der Waals surface area contributed by atoms with Crippen molar-refractivity contribution in [1.29, 1.82) is 0 Å². The van der Waals surface area contributed by atoms with E-state index in [4.69, 9.17) is 5.11 Å². The molecule has 86 valence electrons. The monoisotopic (exact) mass is 287 g/mol. The van der Waals surface area contributed by atoms with Crippen LogP contribution in [0.15, 0.2) is 16.6 Å². The number of halogens is 2. The molecule has 0 aliphatic carbocycles. The largest absolute Gasteiger partial charge is 0.480 e. The molecule has 2 rings (SSSR count). The maximum absolute atomic E-state index is 13.7. The van der Waals surface area contributed by atoms with E-state index in [1.54, 1.807) is 17.9 Å². The van der Waals surface area contributed by atoms with Gasteiger partial charge in [0.1, 0.15) is 11.9 Å². The molecular weight excluding hydrogens is 277 g/mol. The predicted octanol–water partition coefficient (Wildman–Crippen LogP) is 2.38. The molecule has 0 aromatic heterocycles. The molecule has 1 aliphatic heterocycles. The highest BCUT2D eigenvalue weighted by Crippen LogP contribution is 2.30. The third-order valence-corrected chi connectivity index (χ3v) is 3.55. The first-order chi connectivity index (χ1) is 7.50. The van der Waals surface area contributed by atoms with Crippen LogP contribution in [0.3, 0.4) is 0 Å². The minimum Gasteiger partial charge on any atom is -0.480 e. The van der Waals surface area contributed by atoms with Crippen molar-refractivity contribution in [2.75, 3.05) is 0 Å². The van der Waals surface area contributed by atoms with Crippen LogP contribution in [-0.4, -0.2) is 22.0 Å². The standard InChI is InChI=1S/C11H11BrFNO2/c1-6(11(15)16)14-4-7-2-3-9(12)10(13)8(7)5-14/h2-3,6H,4-5H2,1H3,(H,15,16)/t6-/m1/s1. The van der Waals surface area contributed by atoms with Crippen LogP contribution in [0.4, 0.5) is 4.39 Å². The first-order valence-electron chi connectivity index (χ1n) is 4.93. The number of hydrogen-bond acceptors (Lipinski definition) is 2. The Morgan fingerprint density at radius 1 is 1.56 bits per heavy atom. The van der Waals surface area contributed by atoms with Crippen molar-refractivity contribution in [3.8, 4) is 0 Å². The van der Waals surface area contributed by atoms with Crippen molar-refractivity contribution in [2.24, 2.45) is 0 Å². The van der Waals surface area contributed by atoms with Crippen LogP contribution in [0.2, 0.25) is 0 Å². The Hall–Kier alpha value is -0.940. The van der Waals surface area contributed by atoms with E-state index in [-0.39, 0.29) is 5.82 Å². The third-order valence-electron chi connectivity index (χ3n) is 2.93. The molecule has 1 aliphatic rings. The molecule has 3 nitrogen and oxygen atoms in total. The molecule has 16 heavy (non-hydrogen) atoms. The van der Waals surface area contributed by atoms with Gasteiger partial charge in [-0.05, 0) is 34.5 Å². The molecule has 0 spiro atoms. The van der Waals surface area contributed by atoms with E-state index in [0.717, 1.165) is 5.56 Å². The smallest absolute Gasteiger partial charge is 0.320 e. The molecule has 5 heteroatoms. The number of carboxylic acid groups (broad SMARTS) is 1. The lowest BCUT2D eigenvalue weighted by Gasteiger charge is -2.19. The van der Waals surface area contributed by atoms with E-state index in [9.17, 15) is 9.18 Å². The molecule has 0 fully saturated rings. The summed E-state index contributed by atoms with van der Waals surface area (Å²) < 4.78 is 14.1. The van der Waals surface area contributed by atoms with Crippen LogP contribution in [0, 0.1) is 5.82 Å². The molecule has 1 atom stereocenters. The van der Waals surface area contributed by atoms with Gasteiger partial charge in [0.15, 0.2) is 0 Å². The Labute approximate surface area is 101 Å². The van der Waals surface area contributed by atoms with E-state index < -0.39 is 12.0 Å². The zero-order valence-corrected chi connectivity index (χ0v) is 10.3. The molecule has 1 aromatic carbocycles. The Morgan fingerprint density at radius 2 is 2.25 bits per heavy atom. The molecule has 0 amide bonds. The maximum atomic E-state index is 13.7. The van der Waals surface area contributed by atoms with Crippen LogP contribution in [0.25, 0.3) is 0 Å². The molecule has 0 radical (unpaired) electrons. The highest BCUT2D eigenvalue weighted by molar-refractivity contribution is 9.10. The summed E-state index contributed by atoms with van der Waals surface area (Å²) in [5.74, 6) is -1.16. The summed E-state index contributed by atoms with van der Waals surface area (Å²) in [4.78, 5) is 12.6. The van der Waals surface area contributed by atoms with Gasteiger partial charge in [-0.1, -0.05) is 6.07 Å². The van der Waals surface area contributed by atoms with Gasteiger partial charge in [0.05, 0.1) is 4.47 Å². The van der Waals surface area contributed by atoms with Gasteiger partial charge in [-0.2, -0.15) is 0 Å². The van der Waals surface area contributed by atoms with Crippen LogP contribution in [-0.2, 0) is 17.9 Å². The number of carbonyl (C=O) groups is 1. The number of benzene rings is 1. The van der Waals surface area contributed by atoms with Gasteiger partial charge in [0, 0.05) is 18.7 Å². The summed E-state index contributed by atoms with van der Waals surface area (Å²) >= 11 is 3.12. The summed E-state index contributed by atoms with van der Waals surface area (Å²) in [6.07, 6.45) is 0. The van der Waals surface area contributed by atoms with Crippen molar-refractivity contribution in [3.63, 3.8) is 0 Å². The van der Waals surface area contributed by atoms with Gasteiger partial charge in [-0.25, -0.2) is 4.39 Å². The van der Waals surface area contributed by atoms with Gasteiger partial charge in [-0.3, -0.25) is 9.69 Å². The van der Waals surface area contributed by atoms with Crippen molar-refractivity contribution in [1.82, 2.24) is 4.90 Å². The molecule has 0 saturated carbocycles. The molecule has 1 N–H and O–H groups in total. The van der Waals surface area contributed by atoms with Gasteiger partial charge in [0.25, 0.3) is 0 Å². The maximum Gasteiger partial charge on any atom is 0.320 e. The van der Waals surface area contributed by atoms with E-state index in [0.29, 0.717) is 23.1 Å². The van der Waals surface area contributed by atoms with Gasteiger partial charge >= 0.3 is 5.97 Å². The molecule has 0 saturated heterocycles. The molecule has 0 bridgehead atoms. The van der Waals surface area contributed by atoms with Gasteiger partial charge < -0.3 is 5.11 Å². The summed E-state index contributed by atoms with van der Waals surface area (Å²) in [6.45, 7) is 2.46. The summed E-state index contributed by atoms with van der Waals surface area (Å²) in [6, 6.07) is 2.89. The topological polar surface area (TPSA) is 40.5 Å². The molecule has 1 heterocycles. The first kappa shape index (κ1) is 11.5. The molecular formula is C11H11BrFNO2. The lowest BCUT2D eigenvalue weighted by molar-refractivity contribution is -0.142. The normalized spacial score (nSPS) is 17.2. The number of nitrogens with zero attached hydrogens (tertiary/aromatic N) is 1. The average Bonchev–Trinajstić information content (AvgIpc) is 2.67. The van der Waals surface area contributed by atoms with Gasteiger partial charge in [0.2, 0.25) is 0 Å². The zero-order valence-electron chi connectivity index (χ0n) is 8.70. The highest BCUT2D eigenvalue weighted by Gasteiger charge is 2.29. The van der Waals surface area contributed by atoms with E-state index >= 15 is 0 Å². The Bertz CT molecular complexity index is 450. The fraction of sp³-hybridized carbons (Fsp3) is 0.364. The molecule has 1 aromatic rings. The lowest BCUT2D eigenvalue weighted by Crippen LogP contribution is -2.34. The predicted molar refractivity (Wildman–Crippen MR) is 60.4 cm³/mol. The highest BCUT2D eigenvalue weighted by atomic mass is 79.9. The Morgan fingerprint density at radius 3 is 2.88 bits per heavy atom. The van der Waals surface area contributed by atoms with Crippen molar-refractivity contribution < 1.29 is 14.3 Å². The lowest BCUT2D eigenvalue weighted by atomic mass is 10.1. The molecule has 0 unspecified atom stereocenters. The van der Waals surface area contributed by atoms with Crippen LogP contribution < -0.4 is 0 Å². The summed E-state index contributed by atoms with van der Waals surface area (Å²) in [7, 11) is 0. The van der Waals surface area contributed by atoms with E-state index in [1.165, 1.54) is 0 Å². The second-order valence-electron chi connectivity index (χ2n) is 3.92. The first-order valence-corrected chi connectivity index (χ1v) is 5.72. The van der Waals surface area contributed by atoms with Gasteiger partial charge in [-0.15, -0.1) is 0 Å². The number of aliphatic carboxylic acids is 1. The quantitative estimate of drug-likeness (QED) is 0.908. The van der Waals surface area contributed by atoms with Crippen molar-refractivity contribution in [2.45, 2.75) is 26.1 Å². The van der Waals surface area contributed by atoms with Crippen molar-refractivity contribution >= 4 is 21.9 Å². The van der Waals surface area contributed by atoms with Crippen LogP contribution in [0.1, 0.15) is 18.1 Å². The number of fused-ring (bicyclic) bond motifs is 1. The zero-order chi connectivity index (χ0) is 11.9. The van der Waals surface area contributed by atoms with E-state index in [2.05, 4.69) is 15.9 Å². The third kappa shape index (κ3) is 1.85. The number of rotatable bonds is 2. The minimum atomic E-state index is -0.882. The fourth-order valence-electron chi connectivity index (χ4n) is 1.86.